The fourth-order valence-electron chi connectivity index (χ4n) is 4.67. The molecule has 1 N–H and O–H groups in total. The standard InChI is InChI=1S/C25H25N9/c1-17(23-5-3-4-8-28-23)31-25-12-19(11-24-29-14-21(13-26)33(24)25)22-15-30-34(18(22)2)20-6-9-32(16-27)10-7-20/h3-5,8,11-12,14-15,17,20,31H,6-7,9-10H2,1-2H3/t17-/m1/s1. The number of piperidine rings is 1. The van der Waals surface area contributed by atoms with Crippen molar-refractivity contribution in [3.63, 3.8) is 0 Å². The van der Waals surface area contributed by atoms with E-state index in [2.05, 4.69) is 39.2 Å². The highest BCUT2D eigenvalue weighted by Gasteiger charge is 2.23. The normalized spacial score (nSPS) is 15.1. The zero-order chi connectivity index (χ0) is 23.7. The number of nitriles is 2. The van der Waals surface area contributed by atoms with Gasteiger partial charge in [0.1, 0.15) is 23.2 Å². The Morgan fingerprint density at radius 2 is 1.94 bits per heavy atom. The Kier molecular flexibility index (Phi) is 5.60. The van der Waals surface area contributed by atoms with Gasteiger partial charge in [0.25, 0.3) is 0 Å². The van der Waals surface area contributed by atoms with Crippen LogP contribution in [0.25, 0.3) is 16.8 Å². The number of anilines is 1. The average molecular weight is 452 g/mol. The summed E-state index contributed by atoms with van der Waals surface area (Å²) < 4.78 is 3.92. The molecule has 34 heavy (non-hydrogen) atoms. The Hall–Kier alpha value is -4.37. The molecule has 0 amide bonds. The SMILES string of the molecule is Cc1c(-c2cc(N[C@H](C)c3ccccn3)n3c(C#N)cnc3c2)cnn1C1CCN(C#N)CC1. The smallest absolute Gasteiger partial charge is 0.179 e. The fraction of sp³-hybridized carbons (Fsp3) is 0.320. The lowest BCUT2D eigenvalue weighted by atomic mass is 10.0. The van der Waals surface area contributed by atoms with Gasteiger partial charge in [0, 0.05) is 30.5 Å². The number of hydrogen-bond acceptors (Lipinski definition) is 7. The van der Waals surface area contributed by atoms with Crippen LogP contribution < -0.4 is 5.32 Å². The van der Waals surface area contributed by atoms with Crippen molar-refractivity contribution in [2.75, 3.05) is 18.4 Å². The van der Waals surface area contributed by atoms with Crippen LogP contribution in [0.3, 0.4) is 0 Å². The van der Waals surface area contributed by atoms with Gasteiger partial charge in [-0.2, -0.15) is 15.6 Å². The number of rotatable bonds is 5. The van der Waals surface area contributed by atoms with Crippen LogP contribution in [0.2, 0.25) is 0 Å². The molecule has 0 aliphatic carbocycles. The van der Waals surface area contributed by atoms with Crippen molar-refractivity contribution in [1.29, 1.82) is 10.5 Å². The highest BCUT2D eigenvalue weighted by Crippen LogP contribution is 2.32. The molecule has 9 nitrogen and oxygen atoms in total. The maximum absolute atomic E-state index is 9.63. The molecule has 1 fully saturated rings. The summed E-state index contributed by atoms with van der Waals surface area (Å²) in [6, 6.07) is 12.3. The molecule has 4 aromatic rings. The summed E-state index contributed by atoms with van der Waals surface area (Å²) in [5.41, 5.74) is 5.16. The summed E-state index contributed by atoms with van der Waals surface area (Å²) in [7, 11) is 0. The van der Waals surface area contributed by atoms with E-state index in [0.717, 1.165) is 54.3 Å². The lowest BCUT2D eigenvalue weighted by molar-refractivity contribution is 0.239. The fourth-order valence-corrected chi connectivity index (χ4v) is 4.67. The molecule has 1 atom stereocenters. The molecule has 0 bridgehead atoms. The van der Waals surface area contributed by atoms with E-state index < -0.39 is 0 Å². The highest BCUT2D eigenvalue weighted by atomic mass is 15.3. The zero-order valence-electron chi connectivity index (χ0n) is 19.2. The third-order valence-corrected chi connectivity index (χ3v) is 6.52. The largest absolute Gasteiger partial charge is 0.363 e. The van der Waals surface area contributed by atoms with Crippen molar-refractivity contribution in [2.24, 2.45) is 0 Å². The van der Waals surface area contributed by atoms with Crippen LogP contribution in [-0.4, -0.2) is 42.1 Å². The number of likely N-dealkylation sites (tertiary alicyclic amines) is 1. The summed E-state index contributed by atoms with van der Waals surface area (Å²) in [6.07, 6.45) is 9.30. The first-order valence-corrected chi connectivity index (χ1v) is 11.4. The van der Waals surface area contributed by atoms with Crippen molar-refractivity contribution >= 4 is 11.5 Å². The Labute approximate surface area is 197 Å². The van der Waals surface area contributed by atoms with Crippen LogP contribution >= 0.6 is 0 Å². The van der Waals surface area contributed by atoms with Gasteiger partial charge in [-0.05, 0) is 56.5 Å². The third kappa shape index (κ3) is 3.82. The van der Waals surface area contributed by atoms with E-state index in [-0.39, 0.29) is 12.1 Å². The lowest BCUT2D eigenvalue weighted by Crippen LogP contribution is -2.31. The molecule has 5 rings (SSSR count). The maximum atomic E-state index is 9.63. The molecule has 0 unspecified atom stereocenters. The number of nitrogens with zero attached hydrogens (tertiary/aromatic N) is 8. The van der Waals surface area contributed by atoms with Crippen LogP contribution in [0, 0.1) is 29.7 Å². The maximum Gasteiger partial charge on any atom is 0.179 e. The monoisotopic (exact) mass is 451 g/mol. The van der Waals surface area contributed by atoms with Gasteiger partial charge in [-0.1, -0.05) is 6.07 Å². The molecule has 0 spiro atoms. The predicted molar refractivity (Wildman–Crippen MR) is 128 cm³/mol. The molecule has 5 heterocycles. The minimum Gasteiger partial charge on any atom is -0.363 e. The van der Waals surface area contributed by atoms with E-state index in [1.165, 1.54) is 0 Å². The Bertz CT molecular complexity index is 1400. The van der Waals surface area contributed by atoms with Crippen LogP contribution in [0.5, 0.6) is 0 Å². The Balaban J connectivity index is 1.52. The topological polar surface area (TPSA) is 111 Å². The van der Waals surface area contributed by atoms with Crippen molar-refractivity contribution < 1.29 is 0 Å². The van der Waals surface area contributed by atoms with Gasteiger partial charge < -0.3 is 10.2 Å². The summed E-state index contributed by atoms with van der Waals surface area (Å²) in [5, 5.41) is 27.0. The van der Waals surface area contributed by atoms with E-state index in [9.17, 15) is 5.26 Å². The second-order valence-corrected chi connectivity index (χ2v) is 8.61. The van der Waals surface area contributed by atoms with Crippen LogP contribution in [0.4, 0.5) is 5.82 Å². The van der Waals surface area contributed by atoms with Crippen molar-refractivity contribution in [1.82, 2.24) is 29.0 Å². The van der Waals surface area contributed by atoms with Crippen LogP contribution in [0.15, 0.2) is 48.9 Å². The van der Waals surface area contributed by atoms with E-state index in [1.54, 1.807) is 17.3 Å². The Morgan fingerprint density at radius 3 is 2.65 bits per heavy atom. The molecule has 0 aromatic carbocycles. The van der Waals surface area contributed by atoms with Gasteiger partial charge >= 0.3 is 0 Å². The van der Waals surface area contributed by atoms with Crippen LogP contribution in [-0.2, 0) is 0 Å². The second kappa shape index (κ2) is 8.87. The minimum absolute atomic E-state index is 0.0669. The Morgan fingerprint density at radius 1 is 1.12 bits per heavy atom. The van der Waals surface area contributed by atoms with Gasteiger partial charge in [-0.15, -0.1) is 0 Å². The van der Waals surface area contributed by atoms with Gasteiger partial charge in [0.15, 0.2) is 6.19 Å². The lowest BCUT2D eigenvalue weighted by Gasteiger charge is -2.29. The average Bonchev–Trinajstić information content (AvgIpc) is 3.48. The molecule has 1 saturated heterocycles. The van der Waals surface area contributed by atoms with Crippen molar-refractivity contribution in [2.45, 2.75) is 38.8 Å². The molecular formula is C25H25N9. The van der Waals surface area contributed by atoms with E-state index in [1.807, 2.05) is 47.9 Å². The quantitative estimate of drug-likeness (QED) is 0.455. The number of pyridine rings is 2. The third-order valence-electron chi connectivity index (χ3n) is 6.52. The number of imidazole rings is 1. The van der Waals surface area contributed by atoms with Crippen molar-refractivity contribution in [3.8, 4) is 23.4 Å². The predicted octanol–water partition coefficient (Wildman–Crippen LogP) is 4.06. The number of hydrogen-bond donors (Lipinski definition) is 1. The van der Waals surface area contributed by atoms with E-state index >= 15 is 0 Å². The molecule has 4 aromatic heterocycles. The molecular weight excluding hydrogens is 426 g/mol. The van der Waals surface area contributed by atoms with E-state index in [4.69, 9.17) is 10.4 Å². The summed E-state index contributed by atoms with van der Waals surface area (Å²) >= 11 is 0. The summed E-state index contributed by atoms with van der Waals surface area (Å²) in [5.74, 6) is 0.772. The molecule has 9 heteroatoms. The van der Waals surface area contributed by atoms with Gasteiger partial charge in [-0.3, -0.25) is 14.1 Å². The zero-order valence-corrected chi connectivity index (χ0v) is 19.2. The van der Waals surface area contributed by atoms with Gasteiger partial charge in [0.05, 0.1) is 30.2 Å². The minimum atomic E-state index is -0.0669. The number of aromatic nitrogens is 5. The van der Waals surface area contributed by atoms with Crippen LogP contribution in [0.1, 0.15) is 48.9 Å². The number of nitrogens with one attached hydrogen (secondary N) is 1. The molecule has 1 aliphatic heterocycles. The van der Waals surface area contributed by atoms with Crippen molar-refractivity contribution in [3.05, 3.63) is 66.0 Å². The first-order valence-electron chi connectivity index (χ1n) is 11.4. The summed E-state index contributed by atoms with van der Waals surface area (Å²) in [4.78, 5) is 10.7. The second-order valence-electron chi connectivity index (χ2n) is 8.61. The molecule has 0 saturated carbocycles. The molecule has 0 radical (unpaired) electrons. The first-order chi connectivity index (χ1) is 16.6. The molecule has 1 aliphatic rings. The first kappa shape index (κ1) is 21.5. The van der Waals surface area contributed by atoms with Gasteiger partial charge in [0.2, 0.25) is 0 Å². The number of fused-ring (bicyclic) bond motifs is 1. The highest BCUT2D eigenvalue weighted by molar-refractivity contribution is 5.74. The van der Waals surface area contributed by atoms with E-state index in [0.29, 0.717) is 11.3 Å². The van der Waals surface area contributed by atoms with Gasteiger partial charge in [-0.25, -0.2) is 4.98 Å². The summed E-state index contributed by atoms with van der Waals surface area (Å²) in [6.45, 7) is 5.64. The molecule has 170 valence electrons.